The predicted octanol–water partition coefficient (Wildman–Crippen LogP) is 4.04. The van der Waals surface area contributed by atoms with Gasteiger partial charge in [-0.25, -0.2) is 0 Å². The van der Waals surface area contributed by atoms with E-state index in [-0.39, 0.29) is 0 Å². The summed E-state index contributed by atoms with van der Waals surface area (Å²) in [7, 11) is 0. The van der Waals surface area contributed by atoms with Gasteiger partial charge in [-0.05, 0) is 43.7 Å². The van der Waals surface area contributed by atoms with Crippen LogP contribution in [0.1, 0.15) is 72.6 Å². The molecule has 2 N–H and O–H groups in total. The summed E-state index contributed by atoms with van der Waals surface area (Å²) in [5.41, 5.74) is 6.47. The van der Waals surface area contributed by atoms with Crippen molar-refractivity contribution in [2.45, 2.75) is 78.7 Å². The summed E-state index contributed by atoms with van der Waals surface area (Å²) < 4.78 is 0. The summed E-state index contributed by atoms with van der Waals surface area (Å²) in [5, 5.41) is 0. The minimum Gasteiger partial charge on any atom is -0.329 e. The van der Waals surface area contributed by atoms with E-state index in [4.69, 9.17) is 5.73 Å². The van der Waals surface area contributed by atoms with Gasteiger partial charge in [-0.2, -0.15) is 0 Å². The number of nitrogens with zero attached hydrogens (tertiary/aromatic N) is 1. The molecule has 19 heavy (non-hydrogen) atoms. The van der Waals surface area contributed by atoms with Gasteiger partial charge in [0.2, 0.25) is 0 Å². The minimum absolute atomic E-state index is 0.478. The first-order valence-corrected chi connectivity index (χ1v) is 8.43. The molecular weight excluding hydrogens is 232 g/mol. The SMILES string of the molecule is CCCCCCC(CN)N1CCC(C(C)(C)C)CC1. The second-order valence-electron chi connectivity index (χ2n) is 7.42. The molecule has 0 aromatic rings. The van der Waals surface area contributed by atoms with Crippen molar-refractivity contribution in [3.63, 3.8) is 0 Å². The van der Waals surface area contributed by atoms with Crippen LogP contribution in [-0.4, -0.2) is 30.6 Å². The highest BCUT2D eigenvalue weighted by Gasteiger charge is 2.30. The first kappa shape index (κ1) is 17.0. The molecule has 0 radical (unpaired) electrons. The van der Waals surface area contributed by atoms with E-state index in [0.717, 1.165) is 12.5 Å². The van der Waals surface area contributed by atoms with Crippen molar-refractivity contribution < 1.29 is 0 Å². The van der Waals surface area contributed by atoms with E-state index in [2.05, 4.69) is 32.6 Å². The Labute approximate surface area is 121 Å². The first-order chi connectivity index (χ1) is 8.99. The van der Waals surface area contributed by atoms with Gasteiger partial charge in [0.15, 0.2) is 0 Å². The number of likely N-dealkylation sites (tertiary alicyclic amines) is 1. The summed E-state index contributed by atoms with van der Waals surface area (Å²) in [6, 6.07) is 0.637. The van der Waals surface area contributed by atoms with Crippen LogP contribution in [0.15, 0.2) is 0 Å². The van der Waals surface area contributed by atoms with E-state index in [0.29, 0.717) is 11.5 Å². The van der Waals surface area contributed by atoms with Gasteiger partial charge in [0.1, 0.15) is 0 Å². The third kappa shape index (κ3) is 5.83. The maximum Gasteiger partial charge on any atom is 0.0218 e. The highest BCUT2D eigenvalue weighted by atomic mass is 15.2. The van der Waals surface area contributed by atoms with Gasteiger partial charge in [0, 0.05) is 12.6 Å². The van der Waals surface area contributed by atoms with E-state index in [1.165, 1.54) is 58.0 Å². The molecule has 2 heteroatoms. The second kappa shape index (κ2) is 8.26. The molecule has 0 saturated carbocycles. The molecule has 114 valence electrons. The molecule has 1 rings (SSSR count). The minimum atomic E-state index is 0.478. The molecule has 1 atom stereocenters. The Kier molecular flexibility index (Phi) is 7.38. The number of hydrogen-bond acceptors (Lipinski definition) is 2. The van der Waals surface area contributed by atoms with Crippen LogP contribution >= 0.6 is 0 Å². The second-order valence-corrected chi connectivity index (χ2v) is 7.42. The van der Waals surface area contributed by atoms with E-state index in [1.807, 2.05) is 0 Å². The quantitative estimate of drug-likeness (QED) is 0.706. The molecule has 1 aliphatic heterocycles. The monoisotopic (exact) mass is 268 g/mol. The van der Waals surface area contributed by atoms with Gasteiger partial charge in [-0.3, -0.25) is 4.90 Å². The zero-order valence-corrected chi connectivity index (χ0v) is 13.8. The van der Waals surface area contributed by atoms with Gasteiger partial charge in [-0.1, -0.05) is 53.4 Å². The molecule has 2 nitrogen and oxygen atoms in total. The number of nitrogens with two attached hydrogens (primary N) is 1. The van der Waals surface area contributed by atoms with Gasteiger partial charge >= 0.3 is 0 Å². The third-order valence-corrected chi connectivity index (χ3v) is 4.93. The lowest BCUT2D eigenvalue weighted by atomic mass is 9.75. The summed E-state index contributed by atoms with van der Waals surface area (Å²) in [4.78, 5) is 2.66. The molecule has 1 heterocycles. The zero-order valence-electron chi connectivity index (χ0n) is 13.8. The first-order valence-electron chi connectivity index (χ1n) is 8.43. The normalized spacial score (nSPS) is 20.7. The maximum atomic E-state index is 6.00. The summed E-state index contributed by atoms with van der Waals surface area (Å²) in [6.07, 6.45) is 9.45. The zero-order chi connectivity index (χ0) is 14.3. The molecular formula is C17H36N2. The molecule has 1 aliphatic rings. The third-order valence-electron chi connectivity index (χ3n) is 4.93. The van der Waals surface area contributed by atoms with Crippen LogP contribution in [0.4, 0.5) is 0 Å². The molecule has 0 aromatic heterocycles. The topological polar surface area (TPSA) is 29.3 Å². The highest BCUT2D eigenvalue weighted by molar-refractivity contribution is 4.84. The van der Waals surface area contributed by atoms with Crippen molar-refractivity contribution in [3.05, 3.63) is 0 Å². The van der Waals surface area contributed by atoms with Crippen LogP contribution in [-0.2, 0) is 0 Å². The van der Waals surface area contributed by atoms with Crippen LogP contribution in [0.2, 0.25) is 0 Å². The van der Waals surface area contributed by atoms with Gasteiger partial charge < -0.3 is 5.73 Å². The van der Waals surface area contributed by atoms with E-state index in [1.54, 1.807) is 0 Å². The Morgan fingerprint density at radius 1 is 1.11 bits per heavy atom. The van der Waals surface area contributed by atoms with Crippen molar-refractivity contribution in [2.75, 3.05) is 19.6 Å². The number of rotatable bonds is 7. The van der Waals surface area contributed by atoms with Gasteiger partial charge in [-0.15, -0.1) is 0 Å². The average Bonchev–Trinajstić information content (AvgIpc) is 2.38. The van der Waals surface area contributed by atoms with Crippen molar-refractivity contribution in [2.24, 2.45) is 17.1 Å². The van der Waals surface area contributed by atoms with Crippen molar-refractivity contribution in [1.29, 1.82) is 0 Å². The van der Waals surface area contributed by atoms with Crippen LogP contribution in [0.5, 0.6) is 0 Å². The van der Waals surface area contributed by atoms with E-state index in [9.17, 15) is 0 Å². The van der Waals surface area contributed by atoms with Gasteiger partial charge in [0.25, 0.3) is 0 Å². The van der Waals surface area contributed by atoms with Gasteiger partial charge in [0.05, 0.1) is 0 Å². The standard InChI is InChI=1S/C17H36N2/c1-5-6-7-8-9-16(14-18)19-12-10-15(11-13-19)17(2,3)4/h15-16H,5-14,18H2,1-4H3. The lowest BCUT2D eigenvalue weighted by Crippen LogP contribution is -2.46. The van der Waals surface area contributed by atoms with E-state index < -0.39 is 0 Å². The molecule has 1 saturated heterocycles. The number of piperidine rings is 1. The van der Waals surface area contributed by atoms with Crippen LogP contribution in [0.25, 0.3) is 0 Å². The van der Waals surface area contributed by atoms with Crippen LogP contribution in [0.3, 0.4) is 0 Å². The molecule has 1 unspecified atom stereocenters. The van der Waals surface area contributed by atoms with Crippen molar-refractivity contribution in [3.8, 4) is 0 Å². The largest absolute Gasteiger partial charge is 0.329 e. The van der Waals surface area contributed by atoms with E-state index >= 15 is 0 Å². The van der Waals surface area contributed by atoms with Crippen LogP contribution in [0, 0.1) is 11.3 Å². The molecule has 0 amide bonds. The Morgan fingerprint density at radius 2 is 1.74 bits per heavy atom. The Morgan fingerprint density at radius 3 is 2.21 bits per heavy atom. The Bertz CT molecular complexity index is 224. The summed E-state index contributed by atoms with van der Waals surface area (Å²) >= 11 is 0. The predicted molar refractivity (Wildman–Crippen MR) is 85.4 cm³/mol. The fourth-order valence-corrected chi connectivity index (χ4v) is 3.39. The molecule has 1 fully saturated rings. The van der Waals surface area contributed by atoms with Crippen molar-refractivity contribution >= 4 is 0 Å². The average molecular weight is 268 g/mol. The molecule has 0 bridgehead atoms. The summed E-state index contributed by atoms with van der Waals surface area (Å²) in [6.45, 7) is 12.8. The lowest BCUT2D eigenvalue weighted by molar-refractivity contribution is 0.0809. The molecule has 0 aromatic carbocycles. The number of hydrogen-bond donors (Lipinski definition) is 1. The lowest BCUT2D eigenvalue weighted by Gasteiger charge is -2.41. The summed E-state index contributed by atoms with van der Waals surface area (Å²) in [5.74, 6) is 0.891. The van der Waals surface area contributed by atoms with Crippen molar-refractivity contribution in [1.82, 2.24) is 4.90 Å². The molecule has 0 aliphatic carbocycles. The Hall–Kier alpha value is -0.0800. The smallest absolute Gasteiger partial charge is 0.0218 e. The molecule has 0 spiro atoms. The number of unbranched alkanes of at least 4 members (excludes halogenated alkanes) is 3. The van der Waals surface area contributed by atoms with Crippen LogP contribution < -0.4 is 5.73 Å². The highest BCUT2D eigenvalue weighted by Crippen LogP contribution is 2.34. The fraction of sp³-hybridized carbons (Fsp3) is 1.00. The Balaban J connectivity index is 2.31. The maximum absolute atomic E-state index is 6.00. The fourth-order valence-electron chi connectivity index (χ4n) is 3.39.